The second-order valence-corrected chi connectivity index (χ2v) is 3.39. The van der Waals surface area contributed by atoms with E-state index in [0.717, 1.165) is 25.7 Å². The maximum Gasteiger partial charge on any atom is 0.308 e. The molecule has 3 nitrogen and oxygen atoms in total. The first-order chi connectivity index (χ1) is 5.74. The summed E-state index contributed by atoms with van der Waals surface area (Å²) in [6.45, 7) is 0. The summed E-state index contributed by atoms with van der Waals surface area (Å²) in [6.07, 6.45) is 4.01. The minimum absolute atomic E-state index is 0.0764. The molecule has 1 aliphatic rings. The quantitative estimate of drug-likeness (QED) is 0.476. The summed E-state index contributed by atoms with van der Waals surface area (Å²) in [7, 11) is 1.40. The van der Waals surface area contributed by atoms with E-state index in [-0.39, 0.29) is 18.0 Å². The molecule has 0 amide bonds. The Bertz CT molecular complexity index is 156. The second kappa shape index (κ2) is 4.45. The summed E-state index contributed by atoms with van der Waals surface area (Å²) in [5.74, 6) is -0.247. The smallest absolute Gasteiger partial charge is 0.308 e. The van der Waals surface area contributed by atoms with Gasteiger partial charge in [0.25, 0.3) is 0 Å². The molecule has 0 bridgehead atoms. The number of esters is 1. The lowest BCUT2D eigenvalue weighted by molar-refractivity contribution is -0.146. The van der Waals surface area contributed by atoms with Crippen LogP contribution in [0.5, 0.6) is 0 Å². The van der Waals surface area contributed by atoms with Crippen LogP contribution >= 0.6 is 0 Å². The van der Waals surface area contributed by atoms with Crippen molar-refractivity contribution in [3.63, 3.8) is 0 Å². The number of aliphatic hydroxyl groups is 1. The average molecular weight is 172 g/mol. The predicted octanol–water partition coefficient (Wildman–Crippen LogP) is 1.10. The third-order valence-electron chi connectivity index (χ3n) is 2.43. The van der Waals surface area contributed by atoms with E-state index in [0.29, 0.717) is 6.42 Å². The third kappa shape index (κ3) is 2.48. The Kier molecular flexibility index (Phi) is 3.53. The van der Waals surface area contributed by atoms with E-state index < -0.39 is 0 Å². The van der Waals surface area contributed by atoms with Gasteiger partial charge in [0.2, 0.25) is 0 Å². The van der Waals surface area contributed by atoms with Crippen molar-refractivity contribution in [3.8, 4) is 0 Å². The van der Waals surface area contributed by atoms with Gasteiger partial charge in [0.1, 0.15) is 0 Å². The fourth-order valence-corrected chi connectivity index (χ4v) is 1.72. The van der Waals surface area contributed by atoms with Gasteiger partial charge in [-0.2, -0.15) is 0 Å². The molecule has 0 aromatic heterocycles. The minimum Gasteiger partial charge on any atom is -0.469 e. The van der Waals surface area contributed by atoms with E-state index >= 15 is 0 Å². The van der Waals surface area contributed by atoms with E-state index in [1.54, 1.807) is 0 Å². The van der Waals surface area contributed by atoms with Gasteiger partial charge in [-0.25, -0.2) is 0 Å². The molecule has 0 aliphatic heterocycles. The van der Waals surface area contributed by atoms with Crippen LogP contribution in [-0.2, 0) is 9.53 Å². The summed E-state index contributed by atoms with van der Waals surface area (Å²) in [5, 5.41) is 9.40. The molecule has 1 rings (SSSR count). The van der Waals surface area contributed by atoms with Crippen molar-refractivity contribution in [2.45, 2.75) is 38.2 Å². The first kappa shape index (κ1) is 9.52. The maximum absolute atomic E-state index is 11.1. The van der Waals surface area contributed by atoms with Crippen LogP contribution in [0.4, 0.5) is 0 Å². The molecule has 0 spiro atoms. The van der Waals surface area contributed by atoms with Crippen LogP contribution < -0.4 is 0 Å². The molecule has 1 saturated carbocycles. The van der Waals surface area contributed by atoms with Crippen molar-refractivity contribution in [3.05, 3.63) is 0 Å². The molecule has 0 heterocycles. The SMILES string of the molecule is COC(=O)[C@H]1CCCC[C@@H](O)C1. The molecule has 1 aliphatic carbocycles. The van der Waals surface area contributed by atoms with Gasteiger partial charge in [0.05, 0.1) is 19.1 Å². The fraction of sp³-hybridized carbons (Fsp3) is 0.889. The van der Waals surface area contributed by atoms with Gasteiger partial charge in [0, 0.05) is 0 Å². The minimum atomic E-state index is -0.309. The Morgan fingerprint density at radius 1 is 1.42 bits per heavy atom. The van der Waals surface area contributed by atoms with Crippen LogP contribution in [-0.4, -0.2) is 24.3 Å². The summed E-state index contributed by atoms with van der Waals surface area (Å²) >= 11 is 0. The summed E-state index contributed by atoms with van der Waals surface area (Å²) < 4.78 is 4.64. The molecule has 2 atom stereocenters. The van der Waals surface area contributed by atoms with Gasteiger partial charge in [-0.15, -0.1) is 0 Å². The zero-order valence-corrected chi connectivity index (χ0v) is 7.45. The van der Waals surface area contributed by atoms with Crippen molar-refractivity contribution in [1.82, 2.24) is 0 Å². The van der Waals surface area contributed by atoms with E-state index in [1.165, 1.54) is 7.11 Å². The lowest BCUT2D eigenvalue weighted by atomic mass is 10.00. The summed E-state index contributed by atoms with van der Waals surface area (Å²) in [4.78, 5) is 11.1. The maximum atomic E-state index is 11.1. The van der Waals surface area contributed by atoms with Crippen molar-refractivity contribution < 1.29 is 14.6 Å². The molecule has 0 aromatic rings. The Morgan fingerprint density at radius 2 is 2.08 bits per heavy atom. The molecule has 0 aromatic carbocycles. The van der Waals surface area contributed by atoms with Crippen LogP contribution in [0.2, 0.25) is 0 Å². The Balaban J connectivity index is 2.46. The molecule has 0 radical (unpaired) electrons. The lowest BCUT2D eigenvalue weighted by Gasteiger charge is -2.13. The monoisotopic (exact) mass is 172 g/mol. The number of carbonyl (C=O) groups excluding carboxylic acids is 1. The van der Waals surface area contributed by atoms with Crippen LogP contribution in [0, 0.1) is 5.92 Å². The van der Waals surface area contributed by atoms with Crippen LogP contribution in [0.3, 0.4) is 0 Å². The van der Waals surface area contributed by atoms with Gasteiger partial charge in [-0.1, -0.05) is 12.8 Å². The third-order valence-corrected chi connectivity index (χ3v) is 2.43. The highest BCUT2D eigenvalue weighted by Crippen LogP contribution is 2.23. The molecule has 70 valence electrons. The first-order valence-electron chi connectivity index (χ1n) is 4.50. The highest BCUT2D eigenvalue weighted by molar-refractivity contribution is 5.72. The second-order valence-electron chi connectivity index (χ2n) is 3.39. The summed E-state index contributed by atoms with van der Waals surface area (Å²) in [5.41, 5.74) is 0. The first-order valence-corrected chi connectivity index (χ1v) is 4.50. The highest BCUT2D eigenvalue weighted by Gasteiger charge is 2.24. The lowest BCUT2D eigenvalue weighted by Crippen LogP contribution is -2.20. The van der Waals surface area contributed by atoms with Crippen LogP contribution in [0.1, 0.15) is 32.1 Å². The number of ether oxygens (including phenoxy) is 1. The highest BCUT2D eigenvalue weighted by atomic mass is 16.5. The topological polar surface area (TPSA) is 46.5 Å². The number of hydrogen-bond acceptors (Lipinski definition) is 3. The Labute approximate surface area is 72.7 Å². The van der Waals surface area contributed by atoms with Crippen molar-refractivity contribution in [2.75, 3.05) is 7.11 Å². The molecule has 0 unspecified atom stereocenters. The van der Waals surface area contributed by atoms with Gasteiger partial charge < -0.3 is 9.84 Å². The molecule has 0 saturated heterocycles. The van der Waals surface area contributed by atoms with Crippen LogP contribution in [0.15, 0.2) is 0 Å². The van der Waals surface area contributed by atoms with Crippen molar-refractivity contribution in [1.29, 1.82) is 0 Å². The zero-order valence-electron chi connectivity index (χ0n) is 7.45. The van der Waals surface area contributed by atoms with E-state index in [2.05, 4.69) is 4.74 Å². The van der Waals surface area contributed by atoms with E-state index in [4.69, 9.17) is 0 Å². The number of carbonyl (C=O) groups is 1. The van der Waals surface area contributed by atoms with Gasteiger partial charge in [0.15, 0.2) is 0 Å². The fourth-order valence-electron chi connectivity index (χ4n) is 1.72. The molecule has 12 heavy (non-hydrogen) atoms. The number of aliphatic hydroxyl groups excluding tert-OH is 1. The molecule has 3 heteroatoms. The summed E-state index contributed by atoms with van der Waals surface area (Å²) in [6, 6.07) is 0. The largest absolute Gasteiger partial charge is 0.469 e. The van der Waals surface area contributed by atoms with Crippen molar-refractivity contribution >= 4 is 5.97 Å². The zero-order chi connectivity index (χ0) is 8.97. The Morgan fingerprint density at radius 3 is 2.75 bits per heavy atom. The number of methoxy groups -OCH3 is 1. The standard InChI is InChI=1S/C9H16O3/c1-12-9(11)7-4-2-3-5-8(10)6-7/h7-8,10H,2-6H2,1H3/t7-,8+/m0/s1. The van der Waals surface area contributed by atoms with E-state index in [9.17, 15) is 9.90 Å². The van der Waals surface area contributed by atoms with Crippen LogP contribution in [0.25, 0.3) is 0 Å². The van der Waals surface area contributed by atoms with Gasteiger partial charge >= 0.3 is 5.97 Å². The number of hydrogen-bond donors (Lipinski definition) is 1. The van der Waals surface area contributed by atoms with Gasteiger partial charge in [-0.3, -0.25) is 4.79 Å². The number of rotatable bonds is 1. The molecular formula is C9H16O3. The molecule has 1 N–H and O–H groups in total. The molecule has 1 fully saturated rings. The predicted molar refractivity (Wildman–Crippen MR) is 44.6 cm³/mol. The van der Waals surface area contributed by atoms with Crippen molar-refractivity contribution in [2.24, 2.45) is 5.92 Å². The Hall–Kier alpha value is -0.570. The normalized spacial score (nSPS) is 30.8. The van der Waals surface area contributed by atoms with E-state index in [1.807, 2.05) is 0 Å². The average Bonchev–Trinajstić information content (AvgIpc) is 2.28. The molecular weight excluding hydrogens is 156 g/mol. The van der Waals surface area contributed by atoms with Gasteiger partial charge in [-0.05, 0) is 19.3 Å².